The van der Waals surface area contributed by atoms with E-state index in [2.05, 4.69) is 17.6 Å². The highest BCUT2D eigenvalue weighted by Crippen LogP contribution is 2.17. The van der Waals surface area contributed by atoms with E-state index in [-0.39, 0.29) is 0 Å². The first kappa shape index (κ1) is 13.7. The van der Waals surface area contributed by atoms with E-state index in [0.717, 1.165) is 31.3 Å². The van der Waals surface area contributed by atoms with Gasteiger partial charge >= 0.3 is 0 Å². The topological polar surface area (TPSA) is 33.3 Å². The molecule has 0 heterocycles. The van der Waals surface area contributed by atoms with Crippen LogP contribution in [0.4, 0.5) is 0 Å². The van der Waals surface area contributed by atoms with Gasteiger partial charge in [0.15, 0.2) is 5.11 Å². The largest absolute Gasteiger partial charge is 0.380 e. The summed E-state index contributed by atoms with van der Waals surface area (Å²) in [6, 6.07) is 0.598. The molecule has 2 N–H and O–H groups in total. The number of unbranched alkanes of at least 4 members (excludes halogenated alkanes) is 1. The molecule has 0 unspecified atom stereocenters. The van der Waals surface area contributed by atoms with Crippen molar-refractivity contribution in [2.45, 2.75) is 51.5 Å². The molecule has 94 valence electrons. The van der Waals surface area contributed by atoms with Crippen LogP contribution >= 0.6 is 12.2 Å². The van der Waals surface area contributed by atoms with E-state index in [0.29, 0.717) is 6.04 Å². The molecular formula is C12H24N2OS. The van der Waals surface area contributed by atoms with Crippen LogP contribution < -0.4 is 10.6 Å². The molecule has 0 aromatic carbocycles. The Balaban J connectivity index is 1.89. The normalized spacial score (nSPS) is 16.3. The lowest BCUT2D eigenvalue weighted by Gasteiger charge is -2.15. The van der Waals surface area contributed by atoms with Crippen molar-refractivity contribution in [3.63, 3.8) is 0 Å². The predicted octanol–water partition coefficient (Wildman–Crippen LogP) is 2.21. The zero-order valence-corrected chi connectivity index (χ0v) is 11.1. The molecule has 0 bridgehead atoms. The number of thiocarbonyl (C=S) groups is 1. The third-order valence-electron chi connectivity index (χ3n) is 2.86. The Hall–Kier alpha value is -0.350. The molecule has 0 radical (unpaired) electrons. The summed E-state index contributed by atoms with van der Waals surface area (Å²) in [7, 11) is 0. The molecule has 0 spiro atoms. The highest BCUT2D eigenvalue weighted by Gasteiger charge is 2.14. The number of rotatable bonds is 7. The van der Waals surface area contributed by atoms with Crippen molar-refractivity contribution in [2.24, 2.45) is 0 Å². The van der Waals surface area contributed by atoms with Gasteiger partial charge in [0, 0.05) is 19.2 Å². The van der Waals surface area contributed by atoms with Crippen molar-refractivity contribution in [3.05, 3.63) is 0 Å². The van der Waals surface area contributed by atoms with Crippen LogP contribution in [0.2, 0.25) is 0 Å². The third-order valence-corrected chi connectivity index (χ3v) is 3.13. The predicted molar refractivity (Wildman–Crippen MR) is 71.7 cm³/mol. The van der Waals surface area contributed by atoms with Crippen LogP contribution in [0.3, 0.4) is 0 Å². The van der Waals surface area contributed by atoms with Crippen molar-refractivity contribution in [1.82, 2.24) is 10.6 Å². The maximum atomic E-state index is 5.44. The molecule has 3 nitrogen and oxygen atoms in total. The molecule has 0 aliphatic heterocycles. The van der Waals surface area contributed by atoms with Gasteiger partial charge in [-0.05, 0) is 31.5 Å². The zero-order valence-electron chi connectivity index (χ0n) is 10.3. The lowest BCUT2D eigenvalue weighted by Crippen LogP contribution is -2.41. The maximum Gasteiger partial charge on any atom is 0.166 e. The summed E-state index contributed by atoms with van der Waals surface area (Å²) in [6.07, 6.45) is 7.52. The molecule has 4 heteroatoms. The lowest BCUT2D eigenvalue weighted by molar-refractivity contribution is 0.136. The van der Waals surface area contributed by atoms with Gasteiger partial charge in [-0.3, -0.25) is 0 Å². The zero-order chi connectivity index (χ0) is 11.6. The minimum Gasteiger partial charge on any atom is -0.380 e. The third kappa shape index (κ3) is 6.28. The fraction of sp³-hybridized carbons (Fsp3) is 0.917. The standard InChI is InChI=1S/C12H24N2OS/c1-2-3-9-15-10-8-13-12(16)14-11-6-4-5-7-11/h11H,2-10H2,1H3,(H2,13,14,16). The second-order valence-corrected chi connectivity index (χ2v) is 4.76. The Labute approximate surface area is 104 Å². The molecule has 0 atom stereocenters. The quantitative estimate of drug-likeness (QED) is 0.531. The van der Waals surface area contributed by atoms with Crippen molar-refractivity contribution in [3.8, 4) is 0 Å². The smallest absolute Gasteiger partial charge is 0.166 e. The fourth-order valence-corrected chi connectivity index (χ4v) is 2.16. The monoisotopic (exact) mass is 244 g/mol. The minimum absolute atomic E-state index is 0.598. The average molecular weight is 244 g/mol. The Bertz CT molecular complexity index is 193. The van der Waals surface area contributed by atoms with Crippen LogP contribution in [0.1, 0.15) is 45.4 Å². The second-order valence-electron chi connectivity index (χ2n) is 4.35. The van der Waals surface area contributed by atoms with Crippen molar-refractivity contribution >= 4 is 17.3 Å². The first-order chi connectivity index (χ1) is 7.83. The number of ether oxygens (including phenoxy) is 1. The summed E-state index contributed by atoms with van der Waals surface area (Å²) >= 11 is 5.21. The molecule has 1 aliphatic carbocycles. The number of hydrogen-bond acceptors (Lipinski definition) is 2. The van der Waals surface area contributed by atoms with E-state index in [9.17, 15) is 0 Å². The van der Waals surface area contributed by atoms with E-state index in [4.69, 9.17) is 17.0 Å². The molecule has 16 heavy (non-hydrogen) atoms. The second kappa shape index (κ2) is 8.76. The molecule has 0 aromatic rings. The highest BCUT2D eigenvalue weighted by molar-refractivity contribution is 7.80. The van der Waals surface area contributed by atoms with Gasteiger partial charge in [-0.15, -0.1) is 0 Å². The minimum atomic E-state index is 0.598. The van der Waals surface area contributed by atoms with Gasteiger partial charge in [0.05, 0.1) is 6.61 Å². The van der Waals surface area contributed by atoms with Crippen LogP contribution in [0.15, 0.2) is 0 Å². The van der Waals surface area contributed by atoms with Crippen LogP contribution in [0.25, 0.3) is 0 Å². The fourth-order valence-electron chi connectivity index (χ4n) is 1.89. The molecule has 0 aromatic heterocycles. The highest BCUT2D eigenvalue weighted by atomic mass is 32.1. The lowest BCUT2D eigenvalue weighted by atomic mass is 10.3. The van der Waals surface area contributed by atoms with Crippen molar-refractivity contribution in [1.29, 1.82) is 0 Å². The Morgan fingerprint density at radius 2 is 2.06 bits per heavy atom. The molecule has 0 amide bonds. The van der Waals surface area contributed by atoms with Crippen LogP contribution in [-0.2, 0) is 4.74 Å². The molecule has 1 fully saturated rings. The van der Waals surface area contributed by atoms with Crippen LogP contribution in [0.5, 0.6) is 0 Å². The molecule has 1 saturated carbocycles. The Morgan fingerprint density at radius 3 is 2.75 bits per heavy atom. The van der Waals surface area contributed by atoms with E-state index in [1.807, 2.05) is 0 Å². The van der Waals surface area contributed by atoms with Gasteiger partial charge in [-0.2, -0.15) is 0 Å². The van der Waals surface area contributed by atoms with E-state index in [1.54, 1.807) is 0 Å². The first-order valence-electron chi connectivity index (χ1n) is 6.45. The molecule has 1 rings (SSSR count). The van der Waals surface area contributed by atoms with Gasteiger partial charge in [0.2, 0.25) is 0 Å². The molecule has 0 saturated heterocycles. The van der Waals surface area contributed by atoms with E-state index < -0.39 is 0 Å². The summed E-state index contributed by atoms with van der Waals surface area (Å²) in [6.45, 7) is 4.58. The Morgan fingerprint density at radius 1 is 1.31 bits per heavy atom. The van der Waals surface area contributed by atoms with Gasteiger partial charge in [-0.25, -0.2) is 0 Å². The van der Waals surface area contributed by atoms with E-state index in [1.165, 1.54) is 32.1 Å². The van der Waals surface area contributed by atoms with Gasteiger partial charge in [0.25, 0.3) is 0 Å². The summed E-state index contributed by atoms with van der Waals surface area (Å²) in [5.74, 6) is 0. The summed E-state index contributed by atoms with van der Waals surface area (Å²) < 4.78 is 5.44. The molecular weight excluding hydrogens is 220 g/mol. The van der Waals surface area contributed by atoms with Crippen molar-refractivity contribution in [2.75, 3.05) is 19.8 Å². The summed E-state index contributed by atoms with van der Waals surface area (Å²) in [5, 5.41) is 7.31. The summed E-state index contributed by atoms with van der Waals surface area (Å²) in [5.41, 5.74) is 0. The molecule has 1 aliphatic rings. The number of hydrogen-bond donors (Lipinski definition) is 2. The van der Waals surface area contributed by atoms with E-state index >= 15 is 0 Å². The van der Waals surface area contributed by atoms with Gasteiger partial charge in [0.1, 0.15) is 0 Å². The number of nitrogens with one attached hydrogen (secondary N) is 2. The maximum absolute atomic E-state index is 5.44. The van der Waals surface area contributed by atoms with Crippen LogP contribution in [0, 0.1) is 0 Å². The Kier molecular flexibility index (Phi) is 7.51. The average Bonchev–Trinajstić information content (AvgIpc) is 2.76. The van der Waals surface area contributed by atoms with Gasteiger partial charge < -0.3 is 15.4 Å². The SMILES string of the molecule is CCCCOCCNC(=S)NC1CCCC1. The summed E-state index contributed by atoms with van der Waals surface area (Å²) in [4.78, 5) is 0. The van der Waals surface area contributed by atoms with Gasteiger partial charge in [-0.1, -0.05) is 26.2 Å². The van der Waals surface area contributed by atoms with Crippen LogP contribution in [-0.4, -0.2) is 30.9 Å². The first-order valence-corrected chi connectivity index (χ1v) is 6.86. The van der Waals surface area contributed by atoms with Crippen molar-refractivity contribution < 1.29 is 4.74 Å².